The van der Waals surface area contributed by atoms with Gasteiger partial charge in [0.15, 0.2) is 0 Å². The number of hydrogen-bond acceptors (Lipinski definition) is 3. The van der Waals surface area contributed by atoms with Crippen molar-refractivity contribution in [2.75, 3.05) is 11.9 Å². The topological polar surface area (TPSA) is 55.9 Å². The van der Waals surface area contributed by atoms with Crippen molar-refractivity contribution in [3.05, 3.63) is 24.3 Å². The second-order valence-corrected chi connectivity index (χ2v) is 4.99. The zero-order valence-corrected chi connectivity index (χ0v) is 10.6. The van der Waals surface area contributed by atoms with Crippen molar-refractivity contribution in [3.8, 4) is 0 Å². The number of rotatable bonds is 4. The molecule has 96 valence electrons. The SMILES string of the molecule is NCCn1c(NC2CCCC2)nc2ccccc21. The Kier molecular flexibility index (Phi) is 3.19. The van der Waals surface area contributed by atoms with E-state index >= 15 is 0 Å². The minimum atomic E-state index is 0.582. The van der Waals surface area contributed by atoms with Crippen LogP contribution in [0.3, 0.4) is 0 Å². The van der Waals surface area contributed by atoms with E-state index < -0.39 is 0 Å². The highest BCUT2D eigenvalue weighted by Crippen LogP contribution is 2.24. The van der Waals surface area contributed by atoms with Crippen LogP contribution in [0.5, 0.6) is 0 Å². The lowest BCUT2D eigenvalue weighted by molar-refractivity contribution is 0.694. The van der Waals surface area contributed by atoms with Crippen LogP contribution in [0.1, 0.15) is 25.7 Å². The molecule has 3 rings (SSSR count). The van der Waals surface area contributed by atoms with Crippen molar-refractivity contribution in [2.24, 2.45) is 5.73 Å². The molecule has 1 aliphatic carbocycles. The first-order valence-electron chi connectivity index (χ1n) is 6.80. The molecule has 0 bridgehead atoms. The van der Waals surface area contributed by atoms with E-state index in [1.807, 2.05) is 6.07 Å². The molecule has 0 radical (unpaired) electrons. The van der Waals surface area contributed by atoms with Gasteiger partial charge in [-0.05, 0) is 25.0 Å². The highest BCUT2D eigenvalue weighted by Gasteiger charge is 2.18. The number of fused-ring (bicyclic) bond motifs is 1. The second-order valence-electron chi connectivity index (χ2n) is 4.99. The number of nitrogens with zero attached hydrogens (tertiary/aromatic N) is 2. The van der Waals surface area contributed by atoms with Crippen molar-refractivity contribution < 1.29 is 0 Å². The van der Waals surface area contributed by atoms with Crippen LogP contribution in [0.25, 0.3) is 11.0 Å². The van der Waals surface area contributed by atoms with Crippen molar-refractivity contribution in [1.29, 1.82) is 0 Å². The lowest BCUT2D eigenvalue weighted by atomic mass is 10.2. The van der Waals surface area contributed by atoms with Crippen molar-refractivity contribution in [2.45, 2.75) is 38.3 Å². The number of benzene rings is 1. The molecule has 1 aromatic heterocycles. The third-order valence-corrected chi connectivity index (χ3v) is 3.70. The summed E-state index contributed by atoms with van der Waals surface area (Å²) in [5, 5.41) is 3.58. The Bertz CT molecular complexity index is 526. The number of aromatic nitrogens is 2. The Labute approximate surface area is 107 Å². The Hall–Kier alpha value is -1.55. The molecule has 4 nitrogen and oxygen atoms in total. The van der Waals surface area contributed by atoms with Crippen molar-refractivity contribution in [3.63, 3.8) is 0 Å². The molecule has 0 spiro atoms. The van der Waals surface area contributed by atoms with Crippen LogP contribution in [0.4, 0.5) is 5.95 Å². The quantitative estimate of drug-likeness (QED) is 0.868. The molecule has 18 heavy (non-hydrogen) atoms. The monoisotopic (exact) mass is 244 g/mol. The third-order valence-electron chi connectivity index (χ3n) is 3.70. The summed E-state index contributed by atoms with van der Waals surface area (Å²) >= 11 is 0. The second kappa shape index (κ2) is 4.98. The lowest BCUT2D eigenvalue weighted by Gasteiger charge is -2.14. The average Bonchev–Trinajstić information content (AvgIpc) is 3.00. The van der Waals surface area contributed by atoms with Gasteiger partial charge in [-0.1, -0.05) is 25.0 Å². The van der Waals surface area contributed by atoms with Crippen molar-refractivity contribution in [1.82, 2.24) is 9.55 Å². The van der Waals surface area contributed by atoms with E-state index in [0.29, 0.717) is 12.6 Å². The summed E-state index contributed by atoms with van der Waals surface area (Å²) in [4.78, 5) is 4.69. The molecule has 1 aromatic carbocycles. The molecule has 0 aliphatic heterocycles. The van der Waals surface area contributed by atoms with Crippen LogP contribution in [-0.2, 0) is 6.54 Å². The highest BCUT2D eigenvalue weighted by molar-refractivity contribution is 5.78. The van der Waals surface area contributed by atoms with Gasteiger partial charge in [-0.25, -0.2) is 4.98 Å². The number of anilines is 1. The first kappa shape index (κ1) is 11.5. The van der Waals surface area contributed by atoms with Crippen LogP contribution in [0.2, 0.25) is 0 Å². The van der Waals surface area contributed by atoms with Crippen LogP contribution >= 0.6 is 0 Å². The number of para-hydroxylation sites is 2. The molecular weight excluding hydrogens is 224 g/mol. The van der Waals surface area contributed by atoms with Gasteiger partial charge in [-0.15, -0.1) is 0 Å². The Balaban J connectivity index is 1.95. The molecule has 3 N–H and O–H groups in total. The average molecular weight is 244 g/mol. The molecule has 0 amide bonds. The molecule has 1 heterocycles. The van der Waals surface area contributed by atoms with E-state index in [9.17, 15) is 0 Å². The fraction of sp³-hybridized carbons (Fsp3) is 0.500. The summed E-state index contributed by atoms with van der Waals surface area (Å²) in [6, 6.07) is 8.83. The summed E-state index contributed by atoms with van der Waals surface area (Å²) in [7, 11) is 0. The molecule has 0 atom stereocenters. The highest BCUT2D eigenvalue weighted by atomic mass is 15.2. The lowest BCUT2D eigenvalue weighted by Crippen LogP contribution is -2.20. The molecule has 4 heteroatoms. The normalized spacial score (nSPS) is 16.5. The van der Waals surface area contributed by atoms with Crippen molar-refractivity contribution >= 4 is 17.0 Å². The molecule has 1 fully saturated rings. The van der Waals surface area contributed by atoms with E-state index in [-0.39, 0.29) is 0 Å². The van der Waals surface area contributed by atoms with Crippen LogP contribution in [0.15, 0.2) is 24.3 Å². The van der Waals surface area contributed by atoms with E-state index in [1.54, 1.807) is 0 Å². The largest absolute Gasteiger partial charge is 0.353 e. The molecular formula is C14H20N4. The zero-order chi connectivity index (χ0) is 12.4. The van der Waals surface area contributed by atoms with Gasteiger partial charge in [0.2, 0.25) is 5.95 Å². The van der Waals surface area contributed by atoms with Gasteiger partial charge in [0.05, 0.1) is 11.0 Å². The molecule has 2 aromatic rings. The number of hydrogen-bond donors (Lipinski definition) is 2. The first-order chi connectivity index (χ1) is 8.88. The predicted octanol–water partition coefficient (Wildman–Crippen LogP) is 2.35. The maximum Gasteiger partial charge on any atom is 0.204 e. The van der Waals surface area contributed by atoms with Gasteiger partial charge in [-0.2, -0.15) is 0 Å². The van der Waals surface area contributed by atoms with Gasteiger partial charge in [0.25, 0.3) is 0 Å². The van der Waals surface area contributed by atoms with Crippen LogP contribution in [-0.4, -0.2) is 22.1 Å². The van der Waals surface area contributed by atoms with Gasteiger partial charge >= 0.3 is 0 Å². The molecule has 1 aliphatic rings. The molecule has 0 unspecified atom stereocenters. The number of imidazole rings is 1. The fourth-order valence-electron chi connectivity index (χ4n) is 2.79. The van der Waals surface area contributed by atoms with E-state index in [0.717, 1.165) is 18.0 Å². The minimum Gasteiger partial charge on any atom is -0.353 e. The summed E-state index contributed by atoms with van der Waals surface area (Å²) in [5.74, 6) is 0.980. The Morgan fingerprint density at radius 2 is 2.06 bits per heavy atom. The molecule has 1 saturated carbocycles. The molecule has 0 saturated heterocycles. The number of nitrogens with one attached hydrogen (secondary N) is 1. The standard InChI is InChI=1S/C14H20N4/c15-9-10-18-13-8-4-3-7-12(13)17-14(18)16-11-5-1-2-6-11/h3-4,7-8,11H,1-2,5-6,9-10,15H2,(H,16,17). The summed E-state index contributed by atoms with van der Waals surface area (Å²) in [6.07, 6.45) is 5.17. The maximum absolute atomic E-state index is 5.71. The fourth-order valence-corrected chi connectivity index (χ4v) is 2.79. The van der Waals surface area contributed by atoms with E-state index in [2.05, 4.69) is 28.1 Å². The number of nitrogens with two attached hydrogens (primary N) is 1. The Morgan fingerprint density at radius 1 is 1.28 bits per heavy atom. The summed E-state index contributed by atoms with van der Waals surface area (Å²) in [6.45, 7) is 1.45. The summed E-state index contributed by atoms with van der Waals surface area (Å²) < 4.78 is 2.20. The maximum atomic E-state index is 5.71. The Morgan fingerprint density at radius 3 is 2.83 bits per heavy atom. The summed E-state index contributed by atoms with van der Waals surface area (Å²) in [5.41, 5.74) is 7.93. The predicted molar refractivity (Wildman–Crippen MR) is 74.7 cm³/mol. The smallest absolute Gasteiger partial charge is 0.204 e. The van der Waals surface area contributed by atoms with Crippen LogP contribution < -0.4 is 11.1 Å². The van der Waals surface area contributed by atoms with Gasteiger partial charge in [0.1, 0.15) is 0 Å². The minimum absolute atomic E-state index is 0.582. The van der Waals surface area contributed by atoms with Gasteiger partial charge in [-0.3, -0.25) is 0 Å². The zero-order valence-electron chi connectivity index (χ0n) is 10.6. The van der Waals surface area contributed by atoms with Crippen LogP contribution in [0, 0.1) is 0 Å². The van der Waals surface area contributed by atoms with E-state index in [1.165, 1.54) is 31.2 Å². The van der Waals surface area contributed by atoms with E-state index in [4.69, 9.17) is 10.7 Å². The van der Waals surface area contributed by atoms with Gasteiger partial charge < -0.3 is 15.6 Å². The van der Waals surface area contributed by atoms with Gasteiger partial charge in [0, 0.05) is 19.1 Å². The third kappa shape index (κ3) is 2.08. The first-order valence-corrected chi connectivity index (χ1v) is 6.80.